The molecule has 0 bridgehead atoms. The van der Waals surface area contributed by atoms with Gasteiger partial charge in [-0.2, -0.15) is 13.2 Å². The third-order valence-corrected chi connectivity index (χ3v) is 4.53. The number of carboxylic acids is 1. The van der Waals surface area contributed by atoms with E-state index in [0.717, 1.165) is 17.7 Å². The predicted molar refractivity (Wildman–Crippen MR) is 112 cm³/mol. The molecule has 3 aromatic rings. The van der Waals surface area contributed by atoms with E-state index in [1.807, 2.05) is 6.92 Å². The van der Waals surface area contributed by atoms with Crippen LogP contribution in [-0.4, -0.2) is 12.6 Å². The Bertz CT molecular complexity index is 1110. The van der Waals surface area contributed by atoms with Gasteiger partial charge in [-0.05, 0) is 60.0 Å². The molecule has 166 valence electrons. The molecule has 0 aromatic heterocycles. The van der Waals surface area contributed by atoms with E-state index in [1.165, 1.54) is 12.1 Å². The summed E-state index contributed by atoms with van der Waals surface area (Å²) in [6.45, 7) is 2.06. The molecule has 0 N–H and O–H groups in total. The summed E-state index contributed by atoms with van der Waals surface area (Å²) < 4.78 is 49.3. The topological polar surface area (TPSA) is 58.6 Å². The minimum absolute atomic E-state index is 0. The quantitative estimate of drug-likeness (QED) is 0.480. The summed E-state index contributed by atoms with van der Waals surface area (Å²) in [7, 11) is 0. The number of carboxylic acid groups (broad SMARTS) is 1. The average molecular weight is 464 g/mol. The number of hydrogen-bond donors (Lipinski definition) is 0. The SMILES string of the molecule is Cc1ccc(CC(=O)[O-])cc1Oc1cccc(OC/C=C/c2ccc(C(F)(F)F)cc2)c1.[Na+]. The van der Waals surface area contributed by atoms with E-state index in [4.69, 9.17) is 9.47 Å². The Labute approximate surface area is 212 Å². The maximum atomic E-state index is 12.6. The first-order chi connectivity index (χ1) is 15.2. The van der Waals surface area contributed by atoms with Crippen molar-refractivity contribution in [2.45, 2.75) is 19.5 Å². The van der Waals surface area contributed by atoms with Crippen molar-refractivity contribution >= 4 is 12.0 Å². The van der Waals surface area contributed by atoms with Crippen LogP contribution >= 0.6 is 0 Å². The van der Waals surface area contributed by atoms with Gasteiger partial charge >= 0.3 is 35.7 Å². The summed E-state index contributed by atoms with van der Waals surface area (Å²) in [5, 5.41) is 10.8. The third-order valence-electron chi connectivity index (χ3n) is 4.53. The normalized spacial score (nSPS) is 11.2. The van der Waals surface area contributed by atoms with Crippen molar-refractivity contribution in [2.75, 3.05) is 6.61 Å². The van der Waals surface area contributed by atoms with Crippen molar-refractivity contribution in [3.63, 3.8) is 0 Å². The van der Waals surface area contributed by atoms with E-state index in [1.54, 1.807) is 54.6 Å². The monoisotopic (exact) mass is 464 g/mol. The molecule has 0 heterocycles. The molecule has 0 aliphatic heterocycles. The minimum atomic E-state index is -4.36. The van der Waals surface area contributed by atoms with Crippen molar-refractivity contribution in [3.8, 4) is 17.2 Å². The second-order valence-corrected chi connectivity index (χ2v) is 7.06. The summed E-state index contributed by atoms with van der Waals surface area (Å²) in [5.74, 6) is 0.425. The zero-order valence-corrected chi connectivity index (χ0v) is 20.2. The van der Waals surface area contributed by atoms with Crippen LogP contribution in [0, 0.1) is 6.92 Å². The van der Waals surface area contributed by atoms with Crippen LogP contribution in [0.3, 0.4) is 0 Å². The maximum absolute atomic E-state index is 12.6. The summed E-state index contributed by atoms with van der Waals surface area (Å²) in [6, 6.07) is 16.9. The van der Waals surface area contributed by atoms with E-state index >= 15 is 0 Å². The van der Waals surface area contributed by atoms with Crippen molar-refractivity contribution in [1.29, 1.82) is 0 Å². The molecule has 0 saturated heterocycles. The number of hydrogen-bond acceptors (Lipinski definition) is 4. The van der Waals surface area contributed by atoms with Gasteiger partial charge in [-0.15, -0.1) is 0 Å². The first kappa shape index (κ1) is 26.5. The molecular weight excluding hydrogens is 444 g/mol. The molecule has 3 rings (SSSR count). The first-order valence-corrected chi connectivity index (χ1v) is 9.74. The van der Waals surface area contributed by atoms with Gasteiger partial charge in [0.15, 0.2) is 0 Å². The van der Waals surface area contributed by atoms with Gasteiger partial charge < -0.3 is 19.4 Å². The fraction of sp³-hybridized carbons (Fsp3) is 0.160. The number of alkyl halides is 3. The van der Waals surface area contributed by atoms with E-state index in [0.29, 0.717) is 28.4 Å². The molecule has 0 spiro atoms. The predicted octanol–water partition coefficient (Wildman–Crippen LogP) is 2.19. The van der Waals surface area contributed by atoms with Gasteiger partial charge in [0.25, 0.3) is 0 Å². The molecule has 0 aliphatic carbocycles. The second-order valence-electron chi connectivity index (χ2n) is 7.06. The maximum Gasteiger partial charge on any atom is 1.00 e. The number of halogens is 3. The molecule has 0 unspecified atom stereocenters. The zero-order valence-electron chi connectivity index (χ0n) is 18.2. The Hall–Kier alpha value is -2.74. The second kappa shape index (κ2) is 11.9. The largest absolute Gasteiger partial charge is 1.00 e. The molecule has 8 heteroatoms. The molecule has 0 fully saturated rings. The fourth-order valence-electron chi connectivity index (χ4n) is 2.90. The molecule has 0 radical (unpaired) electrons. The number of ether oxygens (including phenoxy) is 2. The number of carbonyl (C=O) groups is 1. The van der Waals surface area contributed by atoms with E-state index in [9.17, 15) is 23.1 Å². The van der Waals surface area contributed by atoms with Crippen molar-refractivity contribution in [2.24, 2.45) is 0 Å². The van der Waals surface area contributed by atoms with Crippen LogP contribution in [0.1, 0.15) is 22.3 Å². The molecule has 0 amide bonds. The van der Waals surface area contributed by atoms with Crippen LogP contribution in [0.2, 0.25) is 0 Å². The standard InChI is InChI=1S/C25H21F3O4.Na/c1-17-7-8-19(15-24(29)30)14-23(17)32-22-6-2-5-21(16-22)31-13-3-4-18-9-11-20(12-10-18)25(26,27)28;/h2-12,14,16H,13,15H2,1H3,(H,29,30);/q;+1/p-1/b4-3+;. The Morgan fingerprint density at radius 2 is 1.70 bits per heavy atom. The van der Waals surface area contributed by atoms with Gasteiger partial charge in [0, 0.05) is 18.5 Å². The number of aryl methyl sites for hydroxylation is 1. The third kappa shape index (κ3) is 8.28. The molecular formula is C25H20F3NaO4. The summed E-state index contributed by atoms with van der Waals surface area (Å²) >= 11 is 0. The van der Waals surface area contributed by atoms with Gasteiger partial charge in [-0.25, -0.2) is 0 Å². The minimum Gasteiger partial charge on any atom is -0.550 e. The zero-order chi connectivity index (χ0) is 23.1. The number of carbonyl (C=O) groups excluding carboxylic acids is 1. The van der Waals surface area contributed by atoms with Crippen LogP contribution in [-0.2, 0) is 17.4 Å². The van der Waals surface area contributed by atoms with Crippen molar-refractivity contribution in [3.05, 3.63) is 95.1 Å². The van der Waals surface area contributed by atoms with Gasteiger partial charge in [0.1, 0.15) is 23.9 Å². The van der Waals surface area contributed by atoms with Gasteiger partial charge in [0.05, 0.1) is 5.56 Å². The average Bonchev–Trinajstić information content (AvgIpc) is 2.73. The van der Waals surface area contributed by atoms with Crippen molar-refractivity contribution < 1.29 is 62.1 Å². The first-order valence-electron chi connectivity index (χ1n) is 9.74. The Balaban J connectivity index is 0.00000385. The molecule has 0 aliphatic rings. The Kier molecular flexibility index (Phi) is 9.58. The molecule has 3 aromatic carbocycles. The number of rotatable bonds is 8. The van der Waals surface area contributed by atoms with Gasteiger partial charge in [-0.1, -0.05) is 36.4 Å². The van der Waals surface area contributed by atoms with Crippen LogP contribution < -0.4 is 44.1 Å². The summed E-state index contributed by atoms with van der Waals surface area (Å²) in [4.78, 5) is 10.8. The van der Waals surface area contributed by atoms with E-state index in [2.05, 4.69) is 0 Å². The Morgan fingerprint density at radius 1 is 1.00 bits per heavy atom. The van der Waals surface area contributed by atoms with Gasteiger partial charge in [-0.3, -0.25) is 0 Å². The van der Waals surface area contributed by atoms with E-state index in [-0.39, 0.29) is 42.6 Å². The van der Waals surface area contributed by atoms with Gasteiger partial charge in [0.2, 0.25) is 0 Å². The van der Waals surface area contributed by atoms with E-state index < -0.39 is 17.7 Å². The van der Waals surface area contributed by atoms with Crippen LogP contribution in [0.25, 0.3) is 6.08 Å². The van der Waals surface area contributed by atoms with Crippen LogP contribution in [0.5, 0.6) is 17.2 Å². The molecule has 4 nitrogen and oxygen atoms in total. The molecule has 0 saturated carbocycles. The number of aliphatic carboxylic acids is 1. The molecule has 33 heavy (non-hydrogen) atoms. The van der Waals surface area contributed by atoms with Crippen LogP contribution in [0.15, 0.2) is 72.8 Å². The fourth-order valence-corrected chi connectivity index (χ4v) is 2.90. The van der Waals surface area contributed by atoms with Crippen LogP contribution in [0.4, 0.5) is 13.2 Å². The number of benzene rings is 3. The Morgan fingerprint density at radius 3 is 2.36 bits per heavy atom. The summed E-state index contributed by atoms with van der Waals surface area (Å²) in [6.07, 6.45) is -1.19. The summed E-state index contributed by atoms with van der Waals surface area (Å²) in [5.41, 5.74) is 1.36. The smallest absolute Gasteiger partial charge is 0.550 e. The van der Waals surface area contributed by atoms with Crippen molar-refractivity contribution in [1.82, 2.24) is 0 Å². The molecule has 0 atom stereocenters.